The van der Waals surface area contributed by atoms with Gasteiger partial charge in [-0.05, 0) is 37.3 Å². The second-order valence-electron chi connectivity index (χ2n) is 6.37. The van der Waals surface area contributed by atoms with Gasteiger partial charge in [-0.2, -0.15) is 0 Å². The van der Waals surface area contributed by atoms with E-state index in [2.05, 4.69) is 15.3 Å². The van der Waals surface area contributed by atoms with Crippen LogP contribution in [0.5, 0.6) is 11.5 Å². The van der Waals surface area contributed by atoms with Crippen LogP contribution in [-0.2, 0) is 17.1 Å². The molecule has 8 nitrogen and oxygen atoms in total. The number of carbonyl (C=O) groups excluding carboxylic acids is 1. The van der Waals surface area contributed by atoms with Crippen LogP contribution in [0.25, 0.3) is 0 Å². The fourth-order valence-corrected chi connectivity index (χ4v) is 3.55. The number of rotatable bonds is 8. The molecule has 1 aromatic carbocycles. The van der Waals surface area contributed by atoms with E-state index in [-0.39, 0.29) is 23.6 Å². The van der Waals surface area contributed by atoms with Gasteiger partial charge in [-0.1, -0.05) is 11.8 Å². The van der Waals surface area contributed by atoms with Crippen LogP contribution in [0, 0.1) is 6.92 Å². The van der Waals surface area contributed by atoms with Gasteiger partial charge in [-0.25, -0.2) is 9.97 Å². The minimum absolute atomic E-state index is 0.0211. The number of hydrogen-bond acceptors (Lipinski definition) is 7. The molecule has 30 heavy (non-hydrogen) atoms. The molecular formula is C21H22N4O4S. The molecule has 3 aromatic rings. The normalized spacial score (nSPS) is 10.5. The molecule has 0 spiro atoms. The van der Waals surface area contributed by atoms with Gasteiger partial charge in [0, 0.05) is 35.1 Å². The molecule has 0 saturated carbocycles. The summed E-state index contributed by atoms with van der Waals surface area (Å²) in [5, 5.41) is 3.44. The largest absolute Gasteiger partial charge is 0.497 e. The van der Waals surface area contributed by atoms with Crippen molar-refractivity contribution in [2.24, 2.45) is 0 Å². The zero-order valence-electron chi connectivity index (χ0n) is 16.9. The van der Waals surface area contributed by atoms with E-state index in [0.717, 1.165) is 5.69 Å². The van der Waals surface area contributed by atoms with E-state index < -0.39 is 0 Å². The van der Waals surface area contributed by atoms with Gasteiger partial charge in [0.15, 0.2) is 10.9 Å². The highest BCUT2D eigenvalue weighted by Gasteiger charge is 2.12. The van der Waals surface area contributed by atoms with Crippen molar-refractivity contribution in [3.05, 3.63) is 70.4 Å². The summed E-state index contributed by atoms with van der Waals surface area (Å²) in [6.07, 6.45) is 3.23. The van der Waals surface area contributed by atoms with E-state index in [0.29, 0.717) is 28.0 Å². The van der Waals surface area contributed by atoms with Crippen molar-refractivity contribution in [2.75, 3.05) is 19.5 Å². The smallest absolute Gasteiger partial charge is 0.244 e. The molecule has 0 aliphatic heterocycles. The first-order valence-corrected chi connectivity index (χ1v) is 10.1. The molecule has 0 fully saturated rings. The topological polar surface area (TPSA) is 95.3 Å². The van der Waals surface area contributed by atoms with E-state index in [1.165, 1.54) is 24.9 Å². The Morgan fingerprint density at radius 1 is 1.17 bits per heavy atom. The van der Waals surface area contributed by atoms with Crippen LogP contribution >= 0.6 is 11.8 Å². The van der Waals surface area contributed by atoms with Gasteiger partial charge >= 0.3 is 0 Å². The Kier molecular flexibility index (Phi) is 7.08. The SMILES string of the molecule is COc1ccc(NC(=O)Cn2cc(OC)c(=O)cc2CSc2nccc(C)n2)cc1. The number of nitrogens with zero attached hydrogens (tertiary/aromatic N) is 3. The average molecular weight is 426 g/mol. The predicted octanol–water partition coefficient (Wildman–Crippen LogP) is 2.89. The number of nitrogens with one attached hydrogen (secondary N) is 1. The third-order valence-electron chi connectivity index (χ3n) is 4.21. The summed E-state index contributed by atoms with van der Waals surface area (Å²) in [5.74, 6) is 1.07. The van der Waals surface area contributed by atoms with E-state index in [1.54, 1.807) is 48.3 Å². The van der Waals surface area contributed by atoms with E-state index in [1.807, 2.05) is 13.0 Å². The van der Waals surface area contributed by atoms with Crippen molar-refractivity contribution in [1.29, 1.82) is 0 Å². The lowest BCUT2D eigenvalue weighted by Crippen LogP contribution is -2.22. The Hall–Kier alpha value is -3.33. The summed E-state index contributed by atoms with van der Waals surface area (Å²) < 4.78 is 12.0. The van der Waals surface area contributed by atoms with E-state index in [9.17, 15) is 9.59 Å². The Morgan fingerprint density at radius 2 is 1.93 bits per heavy atom. The highest BCUT2D eigenvalue weighted by Crippen LogP contribution is 2.20. The Balaban J connectivity index is 1.77. The molecule has 1 N–H and O–H groups in total. The molecule has 1 amide bonds. The number of anilines is 1. The third-order valence-corrected chi connectivity index (χ3v) is 5.11. The van der Waals surface area contributed by atoms with Crippen LogP contribution in [0.2, 0.25) is 0 Å². The lowest BCUT2D eigenvalue weighted by Gasteiger charge is -2.15. The lowest BCUT2D eigenvalue weighted by atomic mass is 10.3. The summed E-state index contributed by atoms with van der Waals surface area (Å²) in [6, 6.07) is 10.3. The fourth-order valence-electron chi connectivity index (χ4n) is 2.68. The molecule has 0 saturated heterocycles. The Labute approximate surface area is 178 Å². The molecule has 2 aromatic heterocycles. The number of thioether (sulfide) groups is 1. The highest BCUT2D eigenvalue weighted by atomic mass is 32.2. The maximum atomic E-state index is 12.6. The molecule has 2 heterocycles. The molecule has 0 atom stereocenters. The van der Waals surface area contributed by atoms with Crippen LogP contribution in [0.3, 0.4) is 0 Å². The molecular weight excluding hydrogens is 404 g/mol. The summed E-state index contributed by atoms with van der Waals surface area (Å²) in [6.45, 7) is 1.91. The number of methoxy groups -OCH3 is 2. The molecule has 3 rings (SSSR count). The maximum absolute atomic E-state index is 12.6. The van der Waals surface area contributed by atoms with Crippen molar-refractivity contribution < 1.29 is 14.3 Å². The first kappa shape index (κ1) is 21.4. The van der Waals surface area contributed by atoms with E-state index in [4.69, 9.17) is 9.47 Å². The molecule has 0 aliphatic carbocycles. The third kappa shape index (κ3) is 5.60. The van der Waals surface area contributed by atoms with Crippen molar-refractivity contribution in [3.63, 3.8) is 0 Å². The van der Waals surface area contributed by atoms with Gasteiger partial charge in [0.25, 0.3) is 0 Å². The molecule has 0 radical (unpaired) electrons. The summed E-state index contributed by atoms with van der Waals surface area (Å²) in [5.41, 5.74) is 1.93. The van der Waals surface area contributed by atoms with E-state index >= 15 is 0 Å². The first-order valence-electron chi connectivity index (χ1n) is 9.12. The van der Waals surface area contributed by atoms with Crippen molar-refractivity contribution in [3.8, 4) is 11.5 Å². The van der Waals surface area contributed by atoms with Gasteiger partial charge < -0.3 is 19.4 Å². The Bertz CT molecular complexity index is 1080. The minimum Gasteiger partial charge on any atom is -0.497 e. The van der Waals surface area contributed by atoms with Crippen molar-refractivity contribution >= 4 is 23.4 Å². The van der Waals surface area contributed by atoms with Gasteiger partial charge in [0.2, 0.25) is 11.3 Å². The summed E-state index contributed by atoms with van der Waals surface area (Å²) >= 11 is 1.39. The van der Waals surface area contributed by atoms with Crippen LogP contribution in [-0.4, -0.2) is 34.7 Å². The van der Waals surface area contributed by atoms with Crippen molar-refractivity contribution in [2.45, 2.75) is 24.4 Å². The summed E-state index contributed by atoms with van der Waals surface area (Å²) in [4.78, 5) is 33.4. The standard InChI is InChI=1S/C21H22N4O4S/c1-14-8-9-22-21(23-14)30-13-16-10-18(26)19(29-3)11-25(16)12-20(27)24-15-4-6-17(28-2)7-5-15/h4-11H,12-13H2,1-3H3,(H,24,27). The van der Waals surface area contributed by atoms with Gasteiger partial charge in [-0.15, -0.1) is 0 Å². The number of hydrogen-bond donors (Lipinski definition) is 1. The zero-order valence-corrected chi connectivity index (χ0v) is 17.7. The number of aromatic nitrogens is 3. The molecule has 0 unspecified atom stereocenters. The van der Waals surface area contributed by atoms with Gasteiger partial charge in [0.05, 0.1) is 20.4 Å². The van der Waals surface area contributed by atoms with Crippen LogP contribution < -0.4 is 20.2 Å². The first-order chi connectivity index (χ1) is 14.5. The van der Waals surface area contributed by atoms with Gasteiger partial charge in [-0.3, -0.25) is 9.59 Å². The highest BCUT2D eigenvalue weighted by molar-refractivity contribution is 7.98. The second-order valence-corrected chi connectivity index (χ2v) is 7.31. The fraction of sp³-hybridized carbons (Fsp3) is 0.238. The lowest BCUT2D eigenvalue weighted by molar-refractivity contribution is -0.116. The number of aryl methyl sites for hydroxylation is 1. The van der Waals surface area contributed by atoms with Crippen LogP contribution in [0.1, 0.15) is 11.4 Å². The molecule has 156 valence electrons. The van der Waals surface area contributed by atoms with Crippen molar-refractivity contribution in [1.82, 2.24) is 14.5 Å². The summed E-state index contributed by atoms with van der Waals surface area (Å²) in [7, 11) is 3.01. The molecule has 0 aliphatic rings. The second kappa shape index (κ2) is 9.93. The van der Waals surface area contributed by atoms with Crippen LogP contribution in [0.4, 0.5) is 5.69 Å². The minimum atomic E-state index is -0.245. The number of carbonyl (C=O) groups is 1. The Morgan fingerprint density at radius 3 is 2.60 bits per heavy atom. The van der Waals surface area contributed by atoms with Crippen LogP contribution in [0.15, 0.2) is 58.7 Å². The van der Waals surface area contributed by atoms with Gasteiger partial charge in [0.1, 0.15) is 12.3 Å². The quantitative estimate of drug-likeness (QED) is 0.437. The zero-order chi connectivity index (χ0) is 21.5. The number of amides is 1. The molecule has 9 heteroatoms. The maximum Gasteiger partial charge on any atom is 0.244 e. The number of benzene rings is 1. The number of pyridine rings is 1. The molecule has 0 bridgehead atoms. The monoisotopic (exact) mass is 426 g/mol. The predicted molar refractivity (Wildman–Crippen MR) is 115 cm³/mol. The average Bonchev–Trinajstić information content (AvgIpc) is 2.74. The number of ether oxygens (including phenoxy) is 2.